The van der Waals surface area contributed by atoms with Gasteiger partial charge in [-0.15, -0.1) is 0 Å². The fraction of sp³-hybridized carbons (Fsp3) is 0.269. The molecule has 6 nitrogen and oxygen atoms in total. The lowest BCUT2D eigenvalue weighted by Crippen LogP contribution is -2.30. The lowest BCUT2D eigenvalue weighted by molar-refractivity contribution is 0.0932. The standard InChI is InChI=1S/C26H30N2O4S/c1-19(2)18-25(20-8-6-5-7-9-20)27-26(29)21-10-12-22(13-11-21)28(3)33(30,31)24-16-14-23(32-4)15-17-24/h5-17,19,25H,18H2,1-4H3,(H,27,29)/t25-/m0/s1. The van der Waals surface area contributed by atoms with Crippen molar-refractivity contribution in [1.82, 2.24) is 5.32 Å². The third-order valence-corrected chi connectivity index (χ3v) is 7.23. The van der Waals surface area contributed by atoms with E-state index in [9.17, 15) is 13.2 Å². The Bertz CT molecular complexity index is 1160. The Hall–Kier alpha value is -3.32. The quantitative estimate of drug-likeness (QED) is 0.479. The Balaban J connectivity index is 1.76. The zero-order valence-electron chi connectivity index (χ0n) is 19.4. The van der Waals surface area contributed by atoms with Crippen LogP contribution in [-0.2, 0) is 10.0 Å². The molecule has 0 radical (unpaired) electrons. The molecular weight excluding hydrogens is 436 g/mol. The molecule has 3 aromatic rings. The van der Waals surface area contributed by atoms with E-state index in [2.05, 4.69) is 19.2 Å². The van der Waals surface area contributed by atoms with Crippen LogP contribution in [0.4, 0.5) is 5.69 Å². The molecule has 0 bridgehead atoms. The van der Waals surface area contributed by atoms with E-state index in [-0.39, 0.29) is 16.8 Å². The van der Waals surface area contributed by atoms with Crippen molar-refractivity contribution in [3.05, 3.63) is 90.0 Å². The zero-order chi connectivity index (χ0) is 24.0. The molecule has 0 aliphatic carbocycles. The van der Waals surface area contributed by atoms with E-state index in [0.29, 0.717) is 22.9 Å². The Morgan fingerprint density at radius 2 is 1.55 bits per heavy atom. The van der Waals surface area contributed by atoms with E-state index in [1.54, 1.807) is 36.4 Å². The summed E-state index contributed by atoms with van der Waals surface area (Å²) in [7, 11) is -0.727. The van der Waals surface area contributed by atoms with Crippen molar-refractivity contribution in [2.75, 3.05) is 18.5 Å². The zero-order valence-corrected chi connectivity index (χ0v) is 20.2. The molecule has 3 rings (SSSR count). The van der Waals surface area contributed by atoms with Crippen LogP contribution >= 0.6 is 0 Å². The molecule has 0 heterocycles. The molecule has 0 saturated heterocycles. The number of nitrogens with one attached hydrogen (secondary N) is 1. The number of sulfonamides is 1. The number of nitrogens with zero attached hydrogens (tertiary/aromatic N) is 1. The first-order valence-corrected chi connectivity index (χ1v) is 12.2. The molecule has 174 valence electrons. The van der Waals surface area contributed by atoms with Gasteiger partial charge in [-0.2, -0.15) is 0 Å². The van der Waals surface area contributed by atoms with Gasteiger partial charge in [-0.3, -0.25) is 9.10 Å². The van der Waals surface area contributed by atoms with E-state index in [4.69, 9.17) is 4.74 Å². The summed E-state index contributed by atoms with van der Waals surface area (Å²) in [5, 5.41) is 3.11. The highest BCUT2D eigenvalue weighted by molar-refractivity contribution is 7.92. The molecule has 0 fully saturated rings. The van der Waals surface area contributed by atoms with Crippen LogP contribution in [0.5, 0.6) is 5.75 Å². The Morgan fingerprint density at radius 1 is 0.939 bits per heavy atom. The number of amides is 1. The first-order valence-electron chi connectivity index (χ1n) is 10.8. The number of methoxy groups -OCH3 is 1. The van der Waals surface area contributed by atoms with Crippen LogP contribution in [0.1, 0.15) is 42.2 Å². The van der Waals surface area contributed by atoms with Crippen LogP contribution in [0.25, 0.3) is 0 Å². The summed E-state index contributed by atoms with van der Waals surface area (Å²) < 4.78 is 32.2. The van der Waals surface area contributed by atoms with Gasteiger partial charge in [-0.05, 0) is 66.4 Å². The lowest BCUT2D eigenvalue weighted by Gasteiger charge is -2.22. The van der Waals surface area contributed by atoms with Crippen LogP contribution in [-0.4, -0.2) is 28.5 Å². The van der Waals surface area contributed by atoms with Gasteiger partial charge in [0.2, 0.25) is 0 Å². The maximum absolute atomic E-state index is 13.0. The molecule has 0 aromatic heterocycles. The normalized spacial score (nSPS) is 12.3. The first kappa shape index (κ1) is 24.3. The minimum atomic E-state index is -3.74. The third-order valence-electron chi connectivity index (χ3n) is 5.43. The van der Waals surface area contributed by atoms with E-state index in [0.717, 1.165) is 12.0 Å². The molecule has 0 aliphatic rings. The number of carbonyl (C=O) groups is 1. The second-order valence-corrected chi connectivity index (χ2v) is 10.2. The summed E-state index contributed by atoms with van der Waals surface area (Å²) >= 11 is 0. The van der Waals surface area contributed by atoms with Crippen LogP contribution in [0.3, 0.4) is 0 Å². The number of carbonyl (C=O) groups excluding carboxylic acids is 1. The van der Waals surface area contributed by atoms with Gasteiger partial charge < -0.3 is 10.1 Å². The molecule has 33 heavy (non-hydrogen) atoms. The fourth-order valence-electron chi connectivity index (χ4n) is 3.54. The van der Waals surface area contributed by atoms with Crippen molar-refractivity contribution in [3.63, 3.8) is 0 Å². The molecule has 3 aromatic carbocycles. The highest BCUT2D eigenvalue weighted by Gasteiger charge is 2.22. The molecule has 0 unspecified atom stereocenters. The van der Waals surface area contributed by atoms with Crippen molar-refractivity contribution in [1.29, 1.82) is 0 Å². The van der Waals surface area contributed by atoms with E-state index >= 15 is 0 Å². The van der Waals surface area contributed by atoms with Gasteiger partial charge in [0.15, 0.2) is 0 Å². The lowest BCUT2D eigenvalue weighted by atomic mass is 9.96. The molecule has 0 saturated carbocycles. The molecule has 0 spiro atoms. The number of ether oxygens (including phenoxy) is 1. The predicted molar refractivity (Wildman–Crippen MR) is 131 cm³/mol. The second-order valence-electron chi connectivity index (χ2n) is 8.26. The van der Waals surface area contributed by atoms with Crippen LogP contribution < -0.4 is 14.4 Å². The first-order chi connectivity index (χ1) is 15.7. The van der Waals surface area contributed by atoms with Gasteiger partial charge in [-0.1, -0.05) is 44.2 Å². The molecule has 1 amide bonds. The van der Waals surface area contributed by atoms with Crippen LogP contribution in [0.2, 0.25) is 0 Å². The van der Waals surface area contributed by atoms with Gasteiger partial charge >= 0.3 is 0 Å². The van der Waals surface area contributed by atoms with Gasteiger partial charge in [0.1, 0.15) is 5.75 Å². The summed E-state index contributed by atoms with van der Waals surface area (Å²) in [6.07, 6.45) is 0.816. The van der Waals surface area contributed by atoms with Crippen LogP contribution in [0, 0.1) is 5.92 Å². The molecule has 7 heteroatoms. The molecular formula is C26H30N2O4S. The Kier molecular flexibility index (Phi) is 7.76. The minimum absolute atomic E-state index is 0.100. The molecule has 0 aliphatic heterocycles. The summed E-state index contributed by atoms with van der Waals surface area (Å²) in [6.45, 7) is 4.24. The largest absolute Gasteiger partial charge is 0.497 e. The second kappa shape index (κ2) is 10.5. The fourth-order valence-corrected chi connectivity index (χ4v) is 4.74. The van der Waals surface area contributed by atoms with Crippen LogP contribution in [0.15, 0.2) is 83.8 Å². The van der Waals surface area contributed by atoms with E-state index in [1.807, 2.05) is 30.3 Å². The highest BCUT2D eigenvalue weighted by atomic mass is 32.2. The number of benzene rings is 3. The van der Waals surface area contributed by atoms with E-state index in [1.165, 1.54) is 30.6 Å². The van der Waals surface area contributed by atoms with Gasteiger partial charge in [0.05, 0.1) is 23.7 Å². The maximum atomic E-state index is 13.0. The summed E-state index contributed by atoms with van der Waals surface area (Å²) in [6, 6.07) is 22.6. The molecule has 1 atom stereocenters. The average molecular weight is 467 g/mol. The summed E-state index contributed by atoms with van der Waals surface area (Å²) in [5.41, 5.74) is 1.99. The Morgan fingerprint density at radius 3 is 2.09 bits per heavy atom. The van der Waals surface area contributed by atoms with Crippen molar-refractivity contribution in [2.45, 2.75) is 31.2 Å². The topological polar surface area (TPSA) is 75.7 Å². The van der Waals surface area contributed by atoms with Crippen molar-refractivity contribution >= 4 is 21.6 Å². The number of rotatable bonds is 9. The smallest absolute Gasteiger partial charge is 0.264 e. The SMILES string of the molecule is COc1ccc(S(=O)(=O)N(C)c2ccc(C(=O)N[C@@H](CC(C)C)c3ccccc3)cc2)cc1. The van der Waals surface area contributed by atoms with E-state index < -0.39 is 10.0 Å². The number of anilines is 1. The van der Waals surface area contributed by atoms with Crippen molar-refractivity contribution in [2.24, 2.45) is 5.92 Å². The monoisotopic (exact) mass is 466 g/mol. The summed E-state index contributed by atoms with van der Waals surface area (Å²) in [5.74, 6) is 0.796. The number of hydrogen-bond acceptors (Lipinski definition) is 4. The third kappa shape index (κ3) is 5.93. The average Bonchev–Trinajstić information content (AvgIpc) is 2.83. The van der Waals surface area contributed by atoms with Crippen molar-refractivity contribution in [3.8, 4) is 5.75 Å². The minimum Gasteiger partial charge on any atom is -0.497 e. The molecule has 1 N–H and O–H groups in total. The van der Waals surface area contributed by atoms with Gasteiger partial charge in [-0.25, -0.2) is 8.42 Å². The predicted octanol–water partition coefficient (Wildman–Crippen LogP) is 5.04. The summed E-state index contributed by atoms with van der Waals surface area (Å²) in [4.78, 5) is 13.1. The Labute approximate surface area is 196 Å². The van der Waals surface area contributed by atoms with Gasteiger partial charge in [0, 0.05) is 12.6 Å². The highest BCUT2D eigenvalue weighted by Crippen LogP contribution is 2.25. The van der Waals surface area contributed by atoms with Crippen molar-refractivity contribution < 1.29 is 17.9 Å². The van der Waals surface area contributed by atoms with Gasteiger partial charge in [0.25, 0.3) is 15.9 Å². The number of hydrogen-bond donors (Lipinski definition) is 1. The maximum Gasteiger partial charge on any atom is 0.264 e.